The van der Waals surface area contributed by atoms with Gasteiger partial charge in [-0.05, 0) is 5.21 Å². The van der Waals surface area contributed by atoms with Crippen molar-refractivity contribution in [3.63, 3.8) is 0 Å². The number of aromatic nitrogens is 6. The second-order valence-corrected chi connectivity index (χ2v) is 2.75. The molecule has 0 unspecified atom stereocenters. The molecule has 2 heterocycles. The number of rotatable bonds is 2. The molecule has 0 aliphatic heterocycles. The van der Waals surface area contributed by atoms with Gasteiger partial charge in [0.05, 0.1) is 18.6 Å². The minimum absolute atomic E-state index is 0.382. The zero-order valence-electron chi connectivity index (χ0n) is 6.92. The van der Waals surface area contributed by atoms with Gasteiger partial charge in [0, 0.05) is 6.20 Å². The van der Waals surface area contributed by atoms with E-state index < -0.39 is 0 Å². The van der Waals surface area contributed by atoms with E-state index in [1.54, 1.807) is 24.1 Å². The smallest absolute Gasteiger partial charge is 0.271 e. The van der Waals surface area contributed by atoms with Gasteiger partial charge in [-0.3, -0.25) is 4.57 Å². The van der Waals surface area contributed by atoms with Crippen LogP contribution >= 0.6 is 11.6 Å². The van der Waals surface area contributed by atoms with E-state index in [1.807, 2.05) is 0 Å². The summed E-state index contributed by atoms with van der Waals surface area (Å²) in [6.07, 6.45) is 3.37. The Bertz CT molecular complexity index is 405. The number of aryl methyl sites for hydroxylation is 1. The summed E-state index contributed by atoms with van der Waals surface area (Å²) in [6, 6.07) is 0. The molecule has 0 amide bonds. The molecular weight excluding hydrogens is 192 g/mol. The highest BCUT2D eigenvalue weighted by atomic mass is 35.5. The van der Waals surface area contributed by atoms with Crippen LogP contribution in [0.3, 0.4) is 0 Å². The molecule has 0 radical (unpaired) electrons. The molecule has 6 nitrogen and oxygen atoms in total. The molecule has 0 bridgehead atoms. The van der Waals surface area contributed by atoms with Crippen molar-refractivity contribution in [1.82, 2.24) is 29.8 Å². The van der Waals surface area contributed by atoms with Gasteiger partial charge >= 0.3 is 0 Å². The SMILES string of the molecule is Cn1nnc(-n2cnc(CCl)c2)n1. The molecule has 2 rings (SSSR count). The van der Waals surface area contributed by atoms with Gasteiger partial charge in [0.15, 0.2) is 0 Å². The van der Waals surface area contributed by atoms with Crippen LogP contribution in [-0.4, -0.2) is 29.8 Å². The lowest BCUT2D eigenvalue weighted by Crippen LogP contribution is -1.95. The predicted octanol–water partition coefficient (Wildman–Crippen LogP) is 0.135. The van der Waals surface area contributed by atoms with Gasteiger partial charge < -0.3 is 0 Å². The first kappa shape index (κ1) is 8.18. The maximum Gasteiger partial charge on any atom is 0.275 e. The minimum atomic E-state index is 0.382. The normalized spacial score (nSPS) is 10.6. The minimum Gasteiger partial charge on any atom is -0.271 e. The second kappa shape index (κ2) is 3.14. The topological polar surface area (TPSA) is 61.4 Å². The number of alkyl halides is 1. The average Bonchev–Trinajstić information content (AvgIpc) is 2.71. The third kappa shape index (κ3) is 1.52. The zero-order chi connectivity index (χ0) is 9.26. The quantitative estimate of drug-likeness (QED) is 0.644. The summed E-state index contributed by atoms with van der Waals surface area (Å²) in [5.41, 5.74) is 0.786. The summed E-state index contributed by atoms with van der Waals surface area (Å²) in [4.78, 5) is 5.42. The van der Waals surface area contributed by atoms with E-state index in [1.165, 1.54) is 4.80 Å². The number of nitrogens with zero attached hydrogens (tertiary/aromatic N) is 6. The van der Waals surface area contributed by atoms with Crippen LogP contribution in [0.2, 0.25) is 0 Å². The number of tetrazole rings is 1. The Morgan fingerprint density at radius 1 is 1.54 bits per heavy atom. The van der Waals surface area contributed by atoms with E-state index in [2.05, 4.69) is 20.4 Å². The van der Waals surface area contributed by atoms with Gasteiger partial charge in [0.2, 0.25) is 0 Å². The Hall–Kier alpha value is -1.43. The van der Waals surface area contributed by atoms with Crippen LogP contribution in [0.15, 0.2) is 12.5 Å². The molecule has 68 valence electrons. The molecular formula is C6H7ClN6. The van der Waals surface area contributed by atoms with Crippen molar-refractivity contribution in [2.75, 3.05) is 0 Å². The maximum absolute atomic E-state index is 5.60. The first-order chi connectivity index (χ1) is 6.29. The number of hydrogen-bond acceptors (Lipinski definition) is 4. The lowest BCUT2D eigenvalue weighted by molar-refractivity contribution is 0.628. The van der Waals surface area contributed by atoms with E-state index in [9.17, 15) is 0 Å². The van der Waals surface area contributed by atoms with E-state index in [-0.39, 0.29) is 0 Å². The van der Waals surface area contributed by atoms with Crippen molar-refractivity contribution in [3.05, 3.63) is 18.2 Å². The molecule has 2 aromatic heterocycles. The molecule has 0 spiro atoms. The van der Waals surface area contributed by atoms with Crippen LogP contribution in [0.25, 0.3) is 5.95 Å². The molecule has 0 atom stereocenters. The Labute approximate surface area is 79.1 Å². The van der Waals surface area contributed by atoms with E-state index >= 15 is 0 Å². The highest BCUT2D eigenvalue weighted by Gasteiger charge is 2.03. The average molecular weight is 199 g/mol. The highest BCUT2D eigenvalue weighted by Crippen LogP contribution is 2.03. The molecule has 13 heavy (non-hydrogen) atoms. The van der Waals surface area contributed by atoms with Crippen molar-refractivity contribution in [2.45, 2.75) is 5.88 Å². The van der Waals surface area contributed by atoms with Crippen LogP contribution in [-0.2, 0) is 12.9 Å². The number of halogens is 1. The standard InChI is InChI=1S/C6H7ClN6/c1-12-10-6(9-11-12)13-3-5(2-7)8-4-13/h3-4H,2H2,1H3. The van der Waals surface area contributed by atoms with Gasteiger partial charge in [-0.15, -0.1) is 16.7 Å². The molecule has 0 aromatic carbocycles. The Morgan fingerprint density at radius 2 is 2.38 bits per heavy atom. The third-order valence-electron chi connectivity index (χ3n) is 1.50. The van der Waals surface area contributed by atoms with Gasteiger partial charge in [0.1, 0.15) is 6.33 Å². The lowest BCUT2D eigenvalue weighted by atomic mass is 10.6. The Morgan fingerprint density at radius 3 is 2.92 bits per heavy atom. The summed E-state index contributed by atoms with van der Waals surface area (Å²) in [5, 5.41) is 11.5. The van der Waals surface area contributed by atoms with E-state index in [0.717, 1.165) is 5.69 Å². The summed E-state index contributed by atoms with van der Waals surface area (Å²) in [5.74, 6) is 0.874. The fourth-order valence-corrected chi connectivity index (χ4v) is 1.06. The summed E-state index contributed by atoms with van der Waals surface area (Å²) in [6.45, 7) is 0. The van der Waals surface area contributed by atoms with Crippen LogP contribution in [0.1, 0.15) is 5.69 Å². The summed E-state index contributed by atoms with van der Waals surface area (Å²) < 4.78 is 1.67. The molecule has 0 N–H and O–H groups in total. The van der Waals surface area contributed by atoms with Crippen LogP contribution in [0.4, 0.5) is 0 Å². The lowest BCUT2D eigenvalue weighted by Gasteiger charge is -1.89. The van der Waals surface area contributed by atoms with Crippen LogP contribution in [0.5, 0.6) is 0 Å². The Balaban J connectivity index is 2.35. The third-order valence-corrected chi connectivity index (χ3v) is 1.78. The van der Waals surface area contributed by atoms with Crippen molar-refractivity contribution in [3.8, 4) is 5.95 Å². The van der Waals surface area contributed by atoms with Gasteiger partial charge in [-0.25, -0.2) is 4.98 Å². The van der Waals surface area contributed by atoms with Crippen molar-refractivity contribution in [1.29, 1.82) is 0 Å². The monoisotopic (exact) mass is 198 g/mol. The molecule has 0 saturated heterocycles. The highest BCUT2D eigenvalue weighted by molar-refractivity contribution is 6.16. The Kier molecular flexibility index (Phi) is 1.97. The molecule has 0 aliphatic carbocycles. The van der Waals surface area contributed by atoms with Crippen molar-refractivity contribution < 1.29 is 0 Å². The van der Waals surface area contributed by atoms with Crippen LogP contribution in [0, 0.1) is 0 Å². The van der Waals surface area contributed by atoms with Gasteiger partial charge in [-0.1, -0.05) is 5.10 Å². The van der Waals surface area contributed by atoms with Crippen molar-refractivity contribution >= 4 is 11.6 Å². The fraction of sp³-hybridized carbons (Fsp3) is 0.333. The van der Waals surface area contributed by atoms with Gasteiger partial charge in [-0.2, -0.15) is 4.80 Å². The first-order valence-electron chi connectivity index (χ1n) is 3.63. The first-order valence-corrected chi connectivity index (χ1v) is 4.16. The van der Waals surface area contributed by atoms with E-state index in [0.29, 0.717) is 11.8 Å². The van der Waals surface area contributed by atoms with E-state index in [4.69, 9.17) is 11.6 Å². The van der Waals surface area contributed by atoms with Crippen LogP contribution < -0.4 is 0 Å². The summed E-state index contributed by atoms with van der Waals surface area (Å²) >= 11 is 5.60. The fourth-order valence-electron chi connectivity index (χ4n) is 0.919. The van der Waals surface area contributed by atoms with Crippen molar-refractivity contribution in [2.24, 2.45) is 7.05 Å². The largest absolute Gasteiger partial charge is 0.275 e. The molecule has 0 fully saturated rings. The number of hydrogen-bond donors (Lipinski definition) is 0. The molecule has 2 aromatic rings. The molecule has 7 heteroatoms. The predicted molar refractivity (Wildman–Crippen MR) is 45.5 cm³/mol. The molecule has 0 aliphatic rings. The molecule has 0 saturated carbocycles. The van der Waals surface area contributed by atoms with Gasteiger partial charge in [0.25, 0.3) is 5.95 Å². The maximum atomic E-state index is 5.60. The number of imidazole rings is 1. The zero-order valence-corrected chi connectivity index (χ0v) is 7.68. The second-order valence-electron chi connectivity index (χ2n) is 2.48. The summed E-state index contributed by atoms with van der Waals surface area (Å²) in [7, 11) is 1.70.